The first kappa shape index (κ1) is 14.0. The van der Waals surface area contributed by atoms with E-state index in [0.29, 0.717) is 12.4 Å². The monoisotopic (exact) mass is 260 g/mol. The summed E-state index contributed by atoms with van der Waals surface area (Å²) in [5, 5.41) is 0. The van der Waals surface area contributed by atoms with Crippen LogP contribution in [0.3, 0.4) is 0 Å². The maximum atomic E-state index is 12.2. The predicted molar refractivity (Wildman–Crippen MR) is 64.6 cm³/mol. The summed E-state index contributed by atoms with van der Waals surface area (Å²) < 4.78 is 40.0. The molecular weight excluding hydrogens is 243 g/mol. The Labute approximate surface area is 102 Å². The van der Waals surface area contributed by atoms with Crippen molar-refractivity contribution in [1.29, 1.82) is 0 Å². The fourth-order valence-electron chi connectivity index (χ4n) is 1.35. The van der Waals surface area contributed by atoms with Crippen LogP contribution in [0.1, 0.15) is 26.2 Å². The molecule has 96 valence electrons. The molecule has 0 N–H and O–H groups in total. The zero-order valence-electron chi connectivity index (χ0n) is 9.86. The fourth-order valence-corrected chi connectivity index (χ4v) is 2.03. The van der Waals surface area contributed by atoms with Gasteiger partial charge in [-0.1, -0.05) is 19.8 Å². The molecule has 0 unspecified atom stereocenters. The van der Waals surface area contributed by atoms with Crippen LogP contribution in [0.2, 0.25) is 0 Å². The normalized spacial score (nSPS) is 11.4. The van der Waals surface area contributed by atoms with Gasteiger partial charge < -0.3 is 4.74 Å². The molecule has 0 heterocycles. The number of hydrogen-bond donors (Lipinski definition) is 0. The van der Waals surface area contributed by atoms with Crippen molar-refractivity contribution < 1.29 is 17.5 Å². The summed E-state index contributed by atoms with van der Waals surface area (Å²) in [6, 6.07) is 4.46. The Kier molecular flexibility index (Phi) is 5.41. The van der Waals surface area contributed by atoms with Gasteiger partial charge in [0, 0.05) is 0 Å². The van der Waals surface area contributed by atoms with Crippen LogP contribution in [-0.4, -0.2) is 21.0 Å². The number of ether oxygens (including phenoxy) is 1. The molecule has 3 nitrogen and oxygen atoms in total. The largest absolute Gasteiger partial charge is 0.494 e. The minimum absolute atomic E-state index is 0.0130. The van der Waals surface area contributed by atoms with Gasteiger partial charge in [-0.2, -0.15) is 0 Å². The van der Waals surface area contributed by atoms with Crippen molar-refractivity contribution in [3.8, 4) is 5.75 Å². The molecule has 0 atom stereocenters. The first-order valence-corrected chi connectivity index (χ1v) is 7.27. The highest BCUT2D eigenvalue weighted by atomic mass is 32.2. The Morgan fingerprint density at radius 3 is 2.35 bits per heavy atom. The molecule has 0 radical (unpaired) electrons. The maximum Gasteiger partial charge on any atom is 0.207 e. The number of rotatable bonds is 7. The van der Waals surface area contributed by atoms with Gasteiger partial charge in [-0.25, -0.2) is 12.8 Å². The van der Waals surface area contributed by atoms with Crippen LogP contribution in [0.5, 0.6) is 5.75 Å². The third kappa shape index (κ3) is 4.34. The van der Waals surface area contributed by atoms with E-state index >= 15 is 0 Å². The lowest BCUT2D eigenvalue weighted by Gasteiger charge is -2.06. The zero-order valence-corrected chi connectivity index (χ0v) is 10.7. The van der Waals surface area contributed by atoms with Gasteiger partial charge in [0.05, 0.1) is 11.5 Å². The van der Waals surface area contributed by atoms with E-state index in [2.05, 4.69) is 6.92 Å². The predicted octanol–water partition coefficient (Wildman–Crippen LogP) is 2.96. The van der Waals surface area contributed by atoms with Crippen LogP contribution in [0.15, 0.2) is 29.2 Å². The summed E-state index contributed by atoms with van der Waals surface area (Å²) in [6.07, 6.45) is 3.20. The van der Waals surface area contributed by atoms with E-state index in [1.165, 1.54) is 12.1 Å². The van der Waals surface area contributed by atoms with E-state index in [1.807, 2.05) is 0 Å². The second kappa shape index (κ2) is 6.59. The summed E-state index contributed by atoms with van der Waals surface area (Å²) in [6.45, 7) is 2.72. The van der Waals surface area contributed by atoms with Crippen LogP contribution in [0.4, 0.5) is 4.39 Å². The van der Waals surface area contributed by atoms with Gasteiger partial charge >= 0.3 is 0 Å². The molecule has 0 aliphatic heterocycles. The Balaban J connectivity index is 2.57. The molecule has 0 fully saturated rings. The van der Waals surface area contributed by atoms with Crippen molar-refractivity contribution in [2.75, 3.05) is 12.6 Å². The molecular formula is C12H17FO3S. The van der Waals surface area contributed by atoms with Gasteiger partial charge in [0.15, 0.2) is 6.01 Å². The Hall–Kier alpha value is -1.10. The molecule has 1 rings (SSSR count). The Morgan fingerprint density at radius 1 is 1.18 bits per heavy atom. The Morgan fingerprint density at radius 2 is 1.82 bits per heavy atom. The van der Waals surface area contributed by atoms with E-state index in [-0.39, 0.29) is 4.90 Å². The molecule has 0 bridgehead atoms. The highest BCUT2D eigenvalue weighted by molar-refractivity contribution is 7.91. The lowest BCUT2D eigenvalue weighted by molar-refractivity contribution is 0.306. The molecule has 0 saturated heterocycles. The molecule has 17 heavy (non-hydrogen) atoms. The minimum Gasteiger partial charge on any atom is -0.494 e. The summed E-state index contributed by atoms with van der Waals surface area (Å²) in [5.74, 6) is 0.610. The van der Waals surface area contributed by atoms with Gasteiger partial charge in [0.25, 0.3) is 0 Å². The fraction of sp³-hybridized carbons (Fsp3) is 0.500. The van der Waals surface area contributed by atoms with Crippen LogP contribution in [0.25, 0.3) is 0 Å². The van der Waals surface area contributed by atoms with Gasteiger partial charge in [-0.3, -0.25) is 0 Å². The highest BCUT2D eigenvalue weighted by Gasteiger charge is 2.13. The van der Waals surface area contributed by atoms with Crippen molar-refractivity contribution in [1.82, 2.24) is 0 Å². The van der Waals surface area contributed by atoms with E-state index in [9.17, 15) is 12.8 Å². The average Bonchev–Trinajstić information content (AvgIpc) is 2.35. The van der Waals surface area contributed by atoms with Crippen molar-refractivity contribution in [3.05, 3.63) is 24.3 Å². The number of benzene rings is 1. The lowest BCUT2D eigenvalue weighted by atomic mass is 10.3. The number of sulfone groups is 1. The molecule has 0 saturated carbocycles. The first-order chi connectivity index (χ1) is 8.10. The number of hydrogen-bond acceptors (Lipinski definition) is 3. The Bertz CT molecular complexity index is 426. The number of alkyl halides is 1. The van der Waals surface area contributed by atoms with Gasteiger partial charge in [-0.05, 0) is 30.7 Å². The zero-order chi connectivity index (χ0) is 12.7. The maximum absolute atomic E-state index is 12.2. The summed E-state index contributed by atoms with van der Waals surface area (Å²) >= 11 is 0. The van der Waals surface area contributed by atoms with Crippen molar-refractivity contribution in [3.63, 3.8) is 0 Å². The average molecular weight is 260 g/mol. The summed E-state index contributed by atoms with van der Waals surface area (Å²) in [7, 11) is -3.77. The molecule has 0 amide bonds. The van der Waals surface area contributed by atoms with E-state index in [4.69, 9.17) is 4.74 Å². The lowest BCUT2D eigenvalue weighted by Crippen LogP contribution is -2.03. The van der Waals surface area contributed by atoms with Gasteiger partial charge in [-0.15, -0.1) is 0 Å². The smallest absolute Gasteiger partial charge is 0.207 e. The standard InChI is InChI=1S/C12H17FO3S/c1-2-3-4-9-16-11-5-7-12(8-6-11)17(14,15)10-13/h5-8H,2-4,9-10H2,1H3. The molecule has 0 spiro atoms. The van der Waals surface area contributed by atoms with Gasteiger partial charge in [0.2, 0.25) is 9.84 Å². The minimum atomic E-state index is -3.77. The third-order valence-electron chi connectivity index (χ3n) is 2.34. The number of unbranched alkanes of at least 4 members (excludes halogenated alkanes) is 2. The molecule has 0 aliphatic rings. The van der Waals surface area contributed by atoms with Crippen molar-refractivity contribution in [2.45, 2.75) is 31.1 Å². The topological polar surface area (TPSA) is 43.4 Å². The van der Waals surface area contributed by atoms with Crippen molar-refractivity contribution in [2.24, 2.45) is 0 Å². The number of halogens is 1. The van der Waals surface area contributed by atoms with Crippen LogP contribution in [0, 0.1) is 0 Å². The van der Waals surface area contributed by atoms with E-state index in [0.717, 1.165) is 19.3 Å². The van der Waals surface area contributed by atoms with E-state index in [1.54, 1.807) is 12.1 Å². The summed E-state index contributed by atoms with van der Waals surface area (Å²) in [5.41, 5.74) is 0. The van der Waals surface area contributed by atoms with Crippen molar-refractivity contribution >= 4 is 9.84 Å². The molecule has 5 heteroatoms. The SMILES string of the molecule is CCCCCOc1ccc(S(=O)(=O)CF)cc1. The molecule has 1 aromatic carbocycles. The second-order valence-electron chi connectivity index (χ2n) is 3.75. The second-order valence-corrected chi connectivity index (χ2v) is 5.67. The van der Waals surface area contributed by atoms with E-state index < -0.39 is 15.8 Å². The van der Waals surface area contributed by atoms with Crippen LogP contribution < -0.4 is 4.74 Å². The van der Waals surface area contributed by atoms with Crippen LogP contribution >= 0.6 is 0 Å². The van der Waals surface area contributed by atoms with Gasteiger partial charge in [0.1, 0.15) is 5.75 Å². The third-order valence-corrected chi connectivity index (χ3v) is 3.62. The first-order valence-electron chi connectivity index (χ1n) is 5.61. The summed E-state index contributed by atoms with van der Waals surface area (Å²) in [4.78, 5) is -0.0130. The highest BCUT2D eigenvalue weighted by Crippen LogP contribution is 2.17. The van der Waals surface area contributed by atoms with Crippen LogP contribution in [-0.2, 0) is 9.84 Å². The molecule has 0 aromatic heterocycles. The molecule has 1 aromatic rings. The quantitative estimate of drug-likeness (QED) is 0.708. The molecule has 0 aliphatic carbocycles.